The fourth-order valence-electron chi connectivity index (χ4n) is 1.57. The van der Waals surface area contributed by atoms with Crippen LogP contribution in [0.2, 0.25) is 0 Å². The summed E-state index contributed by atoms with van der Waals surface area (Å²) in [5.41, 5.74) is 1.71. The topological polar surface area (TPSA) is 67.5 Å². The zero-order chi connectivity index (χ0) is 13.1. The molecule has 0 saturated heterocycles. The van der Waals surface area contributed by atoms with Crippen LogP contribution >= 0.6 is 0 Å². The highest BCUT2D eigenvalue weighted by atomic mass is 16.5. The van der Waals surface area contributed by atoms with Crippen LogP contribution in [0.15, 0.2) is 41.4 Å². The molecule has 0 saturated carbocycles. The van der Waals surface area contributed by atoms with Crippen molar-refractivity contribution < 1.29 is 10.0 Å². The zero-order valence-electron chi connectivity index (χ0n) is 10.2. The summed E-state index contributed by atoms with van der Waals surface area (Å²) in [6.07, 6.45) is 0. The van der Waals surface area contributed by atoms with E-state index >= 15 is 0 Å². The van der Waals surface area contributed by atoms with Gasteiger partial charge in [-0.15, -0.1) is 0 Å². The summed E-state index contributed by atoms with van der Waals surface area (Å²) < 4.78 is 0.799. The monoisotopic (exact) mass is 243 g/mol. The maximum Gasteiger partial charge on any atom is 0.280 e. The van der Waals surface area contributed by atoms with E-state index in [4.69, 9.17) is 0 Å². The Labute approximate surface area is 104 Å². The van der Waals surface area contributed by atoms with E-state index in [1.807, 2.05) is 6.07 Å². The van der Waals surface area contributed by atoms with E-state index in [1.54, 1.807) is 44.2 Å². The summed E-state index contributed by atoms with van der Waals surface area (Å²) in [7, 11) is 0. The van der Waals surface area contributed by atoms with E-state index in [9.17, 15) is 10.0 Å². The molecule has 0 aliphatic rings. The average Bonchev–Trinajstić information content (AvgIpc) is 2.36. The summed E-state index contributed by atoms with van der Waals surface area (Å²) in [5, 5.41) is 9.73. The molecule has 18 heavy (non-hydrogen) atoms. The molecule has 1 aromatic heterocycles. The maximum absolute atomic E-state index is 11.9. The number of rotatable bonds is 1. The Bertz CT molecular complexity index is 645. The molecule has 0 aliphatic carbocycles. The molecule has 5 heteroatoms. The van der Waals surface area contributed by atoms with Gasteiger partial charge in [-0.1, -0.05) is 18.2 Å². The van der Waals surface area contributed by atoms with Crippen molar-refractivity contribution in [3.8, 4) is 0 Å². The van der Waals surface area contributed by atoms with Gasteiger partial charge in [-0.2, -0.15) is 9.72 Å². The smallest absolute Gasteiger partial charge is 0.280 e. The van der Waals surface area contributed by atoms with E-state index in [0.29, 0.717) is 17.0 Å². The minimum Gasteiger partial charge on any atom is -0.425 e. The van der Waals surface area contributed by atoms with Gasteiger partial charge < -0.3 is 5.21 Å². The molecule has 0 unspecified atom stereocenters. The van der Waals surface area contributed by atoms with Crippen molar-refractivity contribution in [1.29, 1.82) is 0 Å². The zero-order valence-corrected chi connectivity index (χ0v) is 10.2. The van der Waals surface area contributed by atoms with Crippen LogP contribution in [0.3, 0.4) is 0 Å². The van der Waals surface area contributed by atoms with Gasteiger partial charge in [0.15, 0.2) is 0 Å². The summed E-state index contributed by atoms with van der Waals surface area (Å²) in [4.78, 5) is 19.7. The van der Waals surface area contributed by atoms with Crippen molar-refractivity contribution >= 4 is 5.91 Å². The second kappa shape index (κ2) is 4.83. The van der Waals surface area contributed by atoms with Gasteiger partial charge in [-0.3, -0.25) is 4.79 Å². The quantitative estimate of drug-likeness (QED) is 0.771. The highest BCUT2D eigenvalue weighted by molar-refractivity contribution is 5.94. The Morgan fingerprint density at radius 1 is 1.28 bits per heavy atom. The third-order valence-corrected chi connectivity index (χ3v) is 2.44. The van der Waals surface area contributed by atoms with Gasteiger partial charge in [-0.25, -0.2) is 4.98 Å². The fourth-order valence-corrected chi connectivity index (χ4v) is 1.57. The van der Waals surface area contributed by atoms with Crippen LogP contribution < -0.4 is 5.62 Å². The van der Waals surface area contributed by atoms with Crippen LogP contribution in [0.25, 0.3) is 0 Å². The van der Waals surface area contributed by atoms with Gasteiger partial charge in [0, 0.05) is 11.3 Å². The molecule has 2 aromatic rings. The Morgan fingerprint density at radius 2 is 1.94 bits per heavy atom. The lowest BCUT2D eigenvalue weighted by molar-refractivity contribution is 0.0984. The maximum atomic E-state index is 11.9. The molecule has 1 aromatic carbocycles. The summed E-state index contributed by atoms with van der Waals surface area (Å²) in [6, 6.07) is 10.4. The summed E-state index contributed by atoms with van der Waals surface area (Å²) >= 11 is 0. The first-order valence-corrected chi connectivity index (χ1v) is 5.48. The molecule has 1 amide bonds. The lowest BCUT2D eigenvalue weighted by atomic mass is 10.2. The van der Waals surface area contributed by atoms with Gasteiger partial charge in [0.1, 0.15) is 0 Å². The lowest BCUT2D eigenvalue weighted by Crippen LogP contribution is -2.26. The number of hydrogen-bond acceptors (Lipinski definition) is 3. The molecule has 0 bridgehead atoms. The average molecular weight is 243 g/mol. The summed E-state index contributed by atoms with van der Waals surface area (Å²) in [6.45, 7) is 3.49. The van der Waals surface area contributed by atoms with Gasteiger partial charge in [0.2, 0.25) is 0 Å². The van der Waals surface area contributed by atoms with E-state index in [1.165, 1.54) is 0 Å². The first-order valence-electron chi connectivity index (χ1n) is 5.48. The first-order chi connectivity index (χ1) is 8.58. The number of nitrogens with zero attached hydrogens (tertiary/aromatic N) is 3. The van der Waals surface area contributed by atoms with E-state index in [0.717, 1.165) is 4.73 Å². The van der Waals surface area contributed by atoms with Gasteiger partial charge >= 0.3 is 0 Å². The molecular formula is C13H13N3O2. The van der Waals surface area contributed by atoms with Crippen LogP contribution in [0.4, 0.5) is 0 Å². The number of hydrogen-bond donors (Lipinski definition) is 1. The van der Waals surface area contributed by atoms with Crippen LogP contribution in [0, 0.1) is 13.8 Å². The number of aromatic nitrogens is 2. The van der Waals surface area contributed by atoms with E-state index in [-0.39, 0.29) is 5.62 Å². The Hall–Kier alpha value is -2.43. The van der Waals surface area contributed by atoms with Crippen molar-refractivity contribution in [1.82, 2.24) is 9.71 Å². The molecule has 0 atom stereocenters. The van der Waals surface area contributed by atoms with Gasteiger partial charge in [0.25, 0.3) is 11.5 Å². The van der Waals surface area contributed by atoms with Crippen LogP contribution in [0.5, 0.6) is 0 Å². The standard InChI is InChI=1S/C13H13N3O2/c1-9-8-10(2)16(18)13(14-9)15-12(17)11-6-4-3-5-7-11/h3-8,18H,1-2H3. The second-order valence-electron chi connectivity index (χ2n) is 3.93. The molecule has 5 nitrogen and oxygen atoms in total. The third kappa shape index (κ3) is 2.45. The predicted octanol–water partition coefficient (Wildman–Crippen LogP) is 1.48. The molecule has 2 rings (SSSR count). The molecular weight excluding hydrogens is 230 g/mol. The van der Waals surface area contributed by atoms with Crippen molar-refractivity contribution in [2.75, 3.05) is 0 Å². The van der Waals surface area contributed by atoms with Crippen molar-refractivity contribution in [3.63, 3.8) is 0 Å². The number of benzene rings is 1. The number of amides is 1. The van der Waals surface area contributed by atoms with E-state index in [2.05, 4.69) is 9.98 Å². The predicted molar refractivity (Wildman–Crippen MR) is 65.2 cm³/mol. The van der Waals surface area contributed by atoms with Gasteiger partial charge in [-0.05, 0) is 32.0 Å². The number of aryl methyl sites for hydroxylation is 2. The van der Waals surface area contributed by atoms with Crippen molar-refractivity contribution in [2.24, 2.45) is 4.99 Å². The second-order valence-corrected chi connectivity index (χ2v) is 3.93. The van der Waals surface area contributed by atoms with Crippen molar-refractivity contribution in [3.05, 3.63) is 59.0 Å². The molecule has 1 N–H and O–H groups in total. The summed E-state index contributed by atoms with van der Waals surface area (Å²) in [5.74, 6) is -0.434. The Morgan fingerprint density at radius 3 is 2.61 bits per heavy atom. The molecule has 0 aliphatic heterocycles. The van der Waals surface area contributed by atoms with Gasteiger partial charge in [0.05, 0.1) is 5.69 Å². The lowest BCUT2D eigenvalue weighted by Gasteiger charge is -2.03. The minimum absolute atomic E-state index is 0.0126. The van der Waals surface area contributed by atoms with E-state index < -0.39 is 5.91 Å². The largest absolute Gasteiger partial charge is 0.425 e. The molecule has 1 heterocycles. The highest BCUT2D eigenvalue weighted by Gasteiger charge is 2.05. The Kier molecular flexibility index (Phi) is 3.23. The molecule has 92 valence electrons. The highest BCUT2D eigenvalue weighted by Crippen LogP contribution is 2.00. The molecule has 0 fully saturated rings. The van der Waals surface area contributed by atoms with Crippen LogP contribution in [0.1, 0.15) is 21.7 Å². The third-order valence-electron chi connectivity index (χ3n) is 2.44. The Balaban J connectivity index is 2.49. The van der Waals surface area contributed by atoms with Crippen molar-refractivity contribution in [2.45, 2.75) is 13.8 Å². The minimum atomic E-state index is -0.434. The fraction of sp³-hybridized carbons (Fsp3) is 0.154. The molecule has 0 radical (unpaired) electrons. The van der Waals surface area contributed by atoms with Crippen LogP contribution in [-0.4, -0.2) is 20.8 Å². The van der Waals surface area contributed by atoms with Crippen LogP contribution in [-0.2, 0) is 0 Å². The SMILES string of the molecule is Cc1cc(C)n(O)c(=NC(=O)c2ccccc2)n1. The number of carbonyl (C=O) groups excluding carboxylic acids is 1. The number of carbonyl (C=O) groups is 1. The molecule has 0 spiro atoms. The normalized spacial score (nSPS) is 11.6. The first kappa shape index (κ1) is 12.0.